The zero-order chi connectivity index (χ0) is 102. The van der Waals surface area contributed by atoms with Gasteiger partial charge in [0.2, 0.25) is 0 Å². The first-order chi connectivity index (χ1) is 66.4. The van der Waals surface area contributed by atoms with Crippen molar-refractivity contribution in [1.82, 2.24) is 92.2 Å². The fourth-order valence-corrected chi connectivity index (χ4v) is 14.4. The third kappa shape index (κ3) is 43.0. The molecular formula is C87H116Cl10N25O15PSe. The number of ketones is 1. The van der Waals surface area contributed by atoms with Crippen molar-refractivity contribution < 1.29 is 69.6 Å². The summed E-state index contributed by atoms with van der Waals surface area (Å²) >= 11 is 54.0. The van der Waals surface area contributed by atoms with Crippen molar-refractivity contribution in [2.24, 2.45) is 11.5 Å². The van der Waals surface area contributed by atoms with Gasteiger partial charge in [0.05, 0.1) is 182 Å². The number of nitrogens with zero attached hydrogens (tertiary/aromatic N) is 19. The molecule has 40 nitrogen and oxygen atoms in total. The van der Waals surface area contributed by atoms with Crippen molar-refractivity contribution in [3.63, 3.8) is 0 Å². The predicted octanol–water partition coefficient (Wildman–Crippen LogP) is 14.3. The van der Waals surface area contributed by atoms with Gasteiger partial charge in [0.1, 0.15) is 28.6 Å². The molecule has 52 heteroatoms. The van der Waals surface area contributed by atoms with E-state index in [1.54, 1.807) is 45.5 Å². The molecule has 6 aliphatic heterocycles. The number of halogens is 10. The number of carboxylic acid groups (broad SMARTS) is 1. The van der Waals surface area contributed by atoms with Gasteiger partial charge in [-0.1, -0.05) is 93.3 Å². The molecule has 6 aliphatic rings. The molecule has 0 bridgehead atoms. The van der Waals surface area contributed by atoms with Gasteiger partial charge in [-0.3, -0.25) is 24.4 Å². The third-order valence-corrected chi connectivity index (χ3v) is 23.0. The van der Waals surface area contributed by atoms with Crippen LogP contribution in [0.3, 0.4) is 0 Å². The Hall–Kier alpha value is -8.40. The number of carbonyl (C=O) groups excluding carboxylic acids is 2. The van der Waals surface area contributed by atoms with E-state index in [-0.39, 0.29) is 35.3 Å². The number of aromatic nitrogens is 16. The maximum atomic E-state index is 12.0. The fourth-order valence-electron chi connectivity index (χ4n) is 13.1. The van der Waals surface area contributed by atoms with Crippen molar-refractivity contribution in [2.75, 3.05) is 157 Å². The molecule has 760 valence electrons. The molecule has 6 fully saturated rings. The number of hydrogen-bond acceptors (Lipinski definition) is 37. The van der Waals surface area contributed by atoms with Gasteiger partial charge in [-0.05, 0) is 168 Å². The first-order valence-electron chi connectivity index (χ1n) is 43.4. The number of nitrogens with two attached hydrogens (primary N) is 2. The molecule has 10 aromatic rings. The number of aromatic carboxylic acids is 1. The first-order valence-corrected chi connectivity index (χ1v) is 51.9. The SMILES string of the molecule is COc1ccc(CN)c(C)c1.COc1ccc(CNCc2nnc(N3CCOC[C@H]3C)cc2Cl)c(C)c1.C[C@@H]1COCCN1.C[C@@H]1COCCN1c1cc(Cl)c(C=O)nn1.C[C@@H]1COCCN1c1cc(Cl)c(CCC(=O)c2ccn[nH]2)nn1.C[C@@H]1COCCN1c1cc(Cl)c(CN)nn1.Cc1nnc(Cl)cc1Cl.Cc1nnc(N2CCOC[C@H]2C)cc1Cl.O=C(O)c1ccn[nH]1.O=P(Cl)(Cl)Cl.O=[Se]=O. The average Bonchev–Trinajstić information content (AvgIpc) is 1.01. The number of carboxylic acids is 1. The zero-order valence-electron chi connectivity index (χ0n) is 78.7. The Morgan fingerprint density at radius 1 is 0.482 bits per heavy atom. The maximum absolute atomic E-state index is 12.0. The quantitative estimate of drug-likeness (QED) is 0.0171. The van der Waals surface area contributed by atoms with Gasteiger partial charge in [-0.15, -0.1) is 35.7 Å². The Morgan fingerprint density at radius 2 is 0.856 bits per heavy atom. The molecule has 6 saturated heterocycles. The number of morpholine rings is 6. The molecule has 0 saturated carbocycles. The van der Waals surface area contributed by atoms with Gasteiger partial charge in [-0.25, -0.2) is 4.79 Å². The van der Waals surface area contributed by atoms with E-state index in [1.165, 1.54) is 34.5 Å². The summed E-state index contributed by atoms with van der Waals surface area (Å²) in [6.45, 7) is 36.2. The molecule has 0 radical (unpaired) electrons. The number of methoxy groups -OCH3 is 2. The normalized spacial score (nSPS) is 17.5. The van der Waals surface area contributed by atoms with Crippen LogP contribution >= 0.6 is 120 Å². The van der Waals surface area contributed by atoms with Crippen LogP contribution in [0.2, 0.25) is 35.3 Å². The van der Waals surface area contributed by atoms with Crippen LogP contribution in [0, 0.1) is 27.7 Å². The van der Waals surface area contributed by atoms with E-state index in [1.807, 2.05) is 75.4 Å². The number of Topliss-reactive ketones (excluding diaryl/α,β-unsaturated/α-hetero) is 1. The second-order valence-corrected chi connectivity index (χ2v) is 40.8. The molecule has 14 heterocycles. The summed E-state index contributed by atoms with van der Waals surface area (Å²) in [6.07, 6.45) is 4.30. The van der Waals surface area contributed by atoms with E-state index in [2.05, 4.69) is 198 Å². The summed E-state index contributed by atoms with van der Waals surface area (Å²) in [4.78, 5) is 43.2. The van der Waals surface area contributed by atoms with Crippen LogP contribution in [0.4, 0.5) is 29.1 Å². The number of carbonyl (C=O) groups is 3. The van der Waals surface area contributed by atoms with Gasteiger partial charge in [-0.2, -0.15) is 35.7 Å². The Kier molecular flexibility index (Phi) is 55.2. The number of aryl methyl sites for hydroxylation is 5. The topological polar surface area (TPSA) is 501 Å². The molecule has 0 amide bonds. The average molecular weight is 2220 g/mol. The van der Waals surface area contributed by atoms with Crippen molar-refractivity contribution in [3.8, 4) is 11.5 Å². The summed E-state index contributed by atoms with van der Waals surface area (Å²) in [5, 5.41) is 75.9. The van der Waals surface area contributed by atoms with E-state index < -0.39 is 26.0 Å². The molecule has 8 aromatic heterocycles. The van der Waals surface area contributed by atoms with Crippen LogP contribution in [-0.2, 0) is 73.3 Å². The number of anilines is 5. The van der Waals surface area contributed by atoms with Crippen molar-refractivity contribution in [2.45, 2.75) is 145 Å². The molecule has 139 heavy (non-hydrogen) atoms. The number of aldehydes is 1. The number of aromatic amines is 2. The number of hydrogen-bond donors (Lipinski definition) is 7. The van der Waals surface area contributed by atoms with Crippen LogP contribution in [0.5, 0.6) is 11.5 Å². The number of H-pyrrole nitrogens is 2. The summed E-state index contributed by atoms with van der Waals surface area (Å²) in [5.74, 6) is 4.61. The fraction of sp³-hybridized carbons (Fsp3) is 0.483. The van der Waals surface area contributed by atoms with E-state index in [4.69, 9.17) is 143 Å². The van der Waals surface area contributed by atoms with Crippen LogP contribution in [0.25, 0.3) is 0 Å². The van der Waals surface area contributed by atoms with Crippen LogP contribution in [-0.4, -0.2) is 289 Å². The summed E-state index contributed by atoms with van der Waals surface area (Å²) in [5.41, 5.74) is 20.0. The molecule has 2 aromatic carbocycles. The second kappa shape index (κ2) is 64.3. The van der Waals surface area contributed by atoms with Gasteiger partial charge < -0.3 is 89.6 Å². The van der Waals surface area contributed by atoms with E-state index in [9.17, 15) is 18.9 Å². The second-order valence-electron chi connectivity index (χ2n) is 31.0. The van der Waals surface area contributed by atoms with Gasteiger partial charge in [0, 0.05) is 127 Å². The Labute approximate surface area is 862 Å². The minimum atomic E-state index is -3.22. The van der Waals surface area contributed by atoms with E-state index >= 15 is 0 Å². The van der Waals surface area contributed by atoms with Gasteiger partial charge in [0.15, 0.2) is 46.3 Å². The Bertz CT molecular complexity index is 5470. The van der Waals surface area contributed by atoms with Crippen LogP contribution in [0.1, 0.15) is 130 Å². The summed E-state index contributed by atoms with van der Waals surface area (Å²) in [6, 6.07) is 27.6. The minimum absolute atomic E-state index is 0.0220. The monoisotopic (exact) mass is 2210 g/mol. The van der Waals surface area contributed by atoms with Crippen LogP contribution in [0.15, 0.2) is 97.3 Å². The van der Waals surface area contributed by atoms with Crippen molar-refractivity contribution in [1.29, 1.82) is 0 Å². The third-order valence-electron chi connectivity index (χ3n) is 20.7. The molecule has 0 aliphatic carbocycles. The number of benzene rings is 2. The molecule has 0 unspecified atom stereocenters. The molecule has 0 spiro atoms. The number of rotatable bonds is 19. The predicted molar refractivity (Wildman–Crippen MR) is 539 cm³/mol. The van der Waals surface area contributed by atoms with Gasteiger partial charge >= 0.3 is 33.7 Å². The summed E-state index contributed by atoms with van der Waals surface area (Å²) in [7, 11) is 3.34. The first kappa shape index (κ1) is 119. The van der Waals surface area contributed by atoms with Crippen LogP contribution < -0.4 is 56.1 Å². The van der Waals surface area contributed by atoms with Crippen molar-refractivity contribution in [3.05, 3.63) is 200 Å². The molecule has 9 N–H and O–H groups in total. The zero-order valence-corrected chi connectivity index (χ0v) is 88.9. The summed E-state index contributed by atoms with van der Waals surface area (Å²) < 4.78 is 68.7. The van der Waals surface area contributed by atoms with E-state index in [0.717, 1.165) is 118 Å². The van der Waals surface area contributed by atoms with Crippen molar-refractivity contribution >= 4 is 182 Å². The van der Waals surface area contributed by atoms with E-state index in [0.29, 0.717) is 174 Å². The molecule has 6 atom stereocenters. The Balaban J connectivity index is 0.000000243. The molecule has 16 rings (SSSR count). The Morgan fingerprint density at radius 3 is 1.17 bits per heavy atom. The number of nitrogens with one attached hydrogen (secondary N) is 4. The molecular weight excluding hydrogens is 2100 g/mol. The van der Waals surface area contributed by atoms with Gasteiger partial charge in [0.25, 0.3) is 0 Å². The standard InChI is InChI=1S/C19H25ClN4O2.C15H18ClN5O2.C10H15ClN4O.C10H12ClN3O2.C10H14ClN3O.C9H13NO.C5H4Cl2N2.C5H11NO.C4H4N2O2.Cl3OP.O2Se/c1-13-8-16(25-3)5-4-15(13)10-21-11-18-17(20)9-19(23-22-18)24-6-7-26-12-14(24)2;1-10-9-23-7-6-21(10)15-8-11(16)12(19-20-15)2-3-14(22)13-4-5-17-18-13;1-7-6-16-3-2-15(7)10-4-8(11)9(5-12)13-14-10;1-7-6-16-3-2-14(7)10-4-8(11)9(5-15)12-13-10;1-7-6-15-4-3-14(7)10-5-9(11)8(2)12-13-10;1-7-5-9(11-2)4-3-8(7)6-10;1-3-4(6)2-5(7)9-8-3;1-5-4-7-3-2-6-5;7-4(8)3-1-2-5-6-3;1-5(2,3)4;1-3-2/h4-5,8-9,14,21H,6-7,10-12H2,1-3H3;4-5,8,10H,2-3,6-7,9H2,1H3,(H,17,18);4,7H,2-3,5-6,12H2,1H3;4-5,7H,2-3,6H2,1H3;5,7H,3-4,6H2,1-2H3;3-5H,6,10H2,1-2H3;2H,1H3;5-6H,2-4H2,1H3;1-2H,(H,5,6)(H,7,8);;/t14-;10-;3*7-;;;5-;;;/m11111..1.../s1. The number of ether oxygens (including phenoxy) is 8.